The Labute approximate surface area is 93.3 Å². The number of carbonyl (C=O) groups excluding carboxylic acids is 1. The normalized spacial score (nSPS) is 14.0. The first-order valence-electron chi connectivity index (χ1n) is 5.46. The van der Waals surface area contributed by atoms with Gasteiger partial charge in [0.15, 0.2) is 0 Å². The molecule has 3 nitrogen and oxygen atoms in total. The summed E-state index contributed by atoms with van der Waals surface area (Å²) in [6.07, 6.45) is 3.35. The molecule has 1 heterocycles. The van der Waals surface area contributed by atoms with Gasteiger partial charge in [-0.3, -0.25) is 9.78 Å². The van der Waals surface area contributed by atoms with Crippen molar-refractivity contribution in [2.75, 3.05) is 0 Å². The van der Waals surface area contributed by atoms with Gasteiger partial charge in [0.2, 0.25) is 5.91 Å². The van der Waals surface area contributed by atoms with Crippen LogP contribution in [0.15, 0.2) is 24.3 Å². The van der Waals surface area contributed by atoms with Crippen LogP contribution in [0.1, 0.15) is 28.0 Å². The van der Waals surface area contributed by atoms with Crippen LogP contribution in [0.3, 0.4) is 0 Å². The molecule has 1 aliphatic rings. The standard InChI is InChI=1S/C13H12N2O/c14-13(16)10-5-4-9-6-8-2-1-3-11(8)15-12(9)7-10/h4-7H,1-3H2,(H2,14,16). The summed E-state index contributed by atoms with van der Waals surface area (Å²) in [5.41, 5.74) is 9.17. The van der Waals surface area contributed by atoms with Crippen molar-refractivity contribution in [2.24, 2.45) is 5.73 Å². The van der Waals surface area contributed by atoms with Gasteiger partial charge in [0.25, 0.3) is 0 Å². The van der Waals surface area contributed by atoms with Crippen LogP contribution in [-0.2, 0) is 12.8 Å². The van der Waals surface area contributed by atoms with Crippen LogP contribution in [0.25, 0.3) is 10.9 Å². The van der Waals surface area contributed by atoms with Crippen LogP contribution < -0.4 is 5.73 Å². The quantitative estimate of drug-likeness (QED) is 0.783. The molecule has 0 unspecified atom stereocenters. The average Bonchev–Trinajstić information content (AvgIpc) is 2.71. The number of benzene rings is 1. The summed E-state index contributed by atoms with van der Waals surface area (Å²) in [5, 5.41) is 1.09. The number of pyridine rings is 1. The van der Waals surface area contributed by atoms with E-state index in [0.29, 0.717) is 5.56 Å². The fourth-order valence-electron chi connectivity index (χ4n) is 2.28. The van der Waals surface area contributed by atoms with Crippen molar-refractivity contribution >= 4 is 16.8 Å². The Balaban J connectivity index is 2.24. The van der Waals surface area contributed by atoms with E-state index in [1.807, 2.05) is 6.07 Å². The predicted molar refractivity (Wildman–Crippen MR) is 62.3 cm³/mol. The predicted octanol–water partition coefficient (Wildman–Crippen LogP) is 1.82. The minimum absolute atomic E-state index is 0.399. The zero-order valence-corrected chi connectivity index (χ0v) is 8.86. The summed E-state index contributed by atoms with van der Waals surface area (Å²) in [6, 6.07) is 7.63. The first-order chi connectivity index (χ1) is 7.74. The highest BCUT2D eigenvalue weighted by molar-refractivity contribution is 5.96. The van der Waals surface area contributed by atoms with Crippen molar-refractivity contribution in [3.63, 3.8) is 0 Å². The smallest absolute Gasteiger partial charge is 0.248 e. The lowest BCUT2D eigenvalue weighted by atomic mass is 10.1. The van der Waals surface area contributed by atoms with Crippen molar-refractivity contribution < 1.29 is 4.79 Å². The Kier molecular flexibility index (Phi) is 1.93. The third-order valence-corrected chi connectivity index (χ3v) is 3.13. The highest BCUT2D eigenvalue weighted by Crippen LogP contribution is 2.24. The van der Waals surface area contributed by atoms with E-state index in [2.05, 4.69) is 11.1 Å². The molecule has 1 amide bonds. The van der Waals surface area contributed by atoms with E-state index in [1.54, 1.807) is 12.1 Å². The van der Waals surface area contributed by atoms with Crippen LogP contribution in [-0.4, -0.2) is 10.9 Å². The number of rotatable bonds is 1. The summed E-state index contributed by atoms with van der Waals surface area (Å²) < 4.78 is 0. The minimum Gasteiger partial charge on any atom is -0.366 e. The fraction of sp³-hybridized carbons (Fsp3) is 0.231. The largest absolute Gasteiger partial charge is 0.366 e. The van der Waals surface area contributed by atoms with Gasteiger partial charge in [0.05, 0.1) is 5.52 Å². The van der Waals surface area contributed by atoms with Crippen molar-refractivity contribution in [3.05, 3.63) is 41.1 Å². The van der Waals surface area contributed by atoms with E-state index in [0.717, 1.165) is 23.7 Å². The molecule has 3 heteroatoms. The molecule has 3 rings (SSSR count). The zero-order chi connectivity index (χ0) is 11.1. The second-order valence-electron chi connectivity index (χ2n) is 4.22. The maximum absolute atomic E-state index is 11.1. The van der Waals surface area contributed by atoms with Gasteiger partial charge < -0.3 is 5.73 Å². The SMILES string of the molecule is NC(=O)c1ccc2cc3c(nc2c1)CCC3. The molecule has 0 spiro atoms. The molecule has 1 aromatic heterocycles. The van der Waals surface area contributed by atoms with Crippen LogP contribution >= 0.6 is 0 Å². The summed E-state index contributed by atoms with van der Waals surface area (Å²) in [7, 11) is 0. The zero-order valence-electron chi connectivity index (χ0n) is 8.86. The number of nitrogens with zero attached hydrogens (tertiary/aromatic N) is 1. The van der Waals surface area contributed by atoms with Gasteiger partial charge in [-0.25, -0.2) is 0 Å². The molecule has 80 valence electrons. The Morgan fingerprint density at radius 1 is 1.25 bits per heavy atom. The molecule has 0 aliphatic heterocycles. The molecule has 0 radical (unpaired) electrons. The molecule has 1 aromatic carbocycles. The van der Waals surface area contributed by atoms with Crippen LogP contribution in [0.4, 0.5) is 0 Å². The third kappa shape index (κ3) is 1.36. The van der Waals surface area contributed by atoms with Gasteiger partial charge in [0.1, 0.15) is 0 Å². The van der Waals surface area contributed by atoms with Crippen LogP contribution in [0.2, 0.25) is 0 Å². The van der Waals surface area contributed by atoms with E-state index in [9.17, 15) is 4.79 Å². The molecule has 16 heavy (non-hydrogen) atoms. The Morgan fingerprint density at radius 3 is 2.94 bits per heavy atom. The number of hydrogen-bond acceptors (Lipinski definition) is 2. The summed E-state index contributed by atoms with van der Waals surface area (Å²) >= 11 is 0. The molecule has 2 N–H and O–H groups in total. The van der Waals surface area contributed by atoms with Gasteiger partial charge in [-0.1, -0.05) is 6.07 Å². The molecular weight excluding hydrogens is 200 g/mol. The van der Waals surface area contributed by atoms with E-state index in [4.69, 9.17) is 5.73 Å². The molecule has 2 aromatic rings. The van der Waals surface area contributed by atoms with Gasteiger partial charge in [-0.2, -0.15) is 0 Å². The van der Waals surface area contributed by atoms with Crippen molar-refractivity contribution in [3.8, 4) is 0 Å². The lowest BCUT2D eigenvalue weighted by Gasteiger charge is -2.03. The molecule has 1 aliphatic carbocycles. The van der Waals surface area contributed by atoms with E-state index in [1.165, 1.54) is 17.7 Å². The molecule has 0 saturated heterocycles. The fourth-order valence-corrected chi connectivity index (χ4v) is 2.28. The second kappa shape index (κ2) is 3.30. The Hall–Kier alpha value is -1.90. The Morgan fingerprint density at radius 2 is 2.12 bits per heavy atom. The lowest BCUT2D eigenvalue weighted by molar-refractivity contribution is 0.100. The number of primary amides is 1. The maximum Gasteiger partial charge on any atom is 0.248 e. The molecule has 0 bridgehead atoms. The number of aryl methyl sites for hydroxylation is 2. The first kappa shape index (κ1) is 9.33. The minimum atomic E-state index is -0.399. The van der Waals surface area contributed by atoms with E-state index in [-0.39, 0.29) is 0 Å². The topological polar surface area (TPSA) is 56.0 Å². The van der Waals surface area contributed by atoms with E-state index >= 15 is 0 Å². The summed E-state index contributed by atoms with van der Waals surface area (Å²) in [6.45, 7) is 0. The van der Waals surface area contributed by atoms with Gasteiger partial charge >= 0.3 is 0 Å². The van der Waals surface area contributed by atoms with Crippen LogP contribution in [0, 0.1) is 0 Å². The number of hydrogen-bond donors (Lipinski definition) is 1. The molecule has 0 saturated carbocycles. The van der Waals surface area contributed by atoms with Crippen LogP contribution in [0.5, 0.6) is 0 Å². The van der Waals surface area contributed by atoms with E-state index < -0.39 is 5.91 Å². The number of aromatic nitrogens is 1. The average molecular weight is 212 g/mol. The summed E-state index contributed by atoms with van der Waals surface area (Å²) in [5.74, 6) is -0.399. The van der Waals surface area contributed by atoms with Crippen molar-refractivity contribution in [2.45, 2.75) is 19.3 Å². The summed E-state index contributed by atoms with van der Waals surface area (Å²) in [4.78, 5) is 15.7. The van der Waals surface area contributed by atoms with Gasteiger partial charge in [-0.15, -0.1) is 0 Å². The van der Waals surface area contributed by atoms with Crippen molar-refractivity contribution in [1.82, 2.24) is 4.98 Å². The molecule has 0 fully saturated rings. The van der Waals surface area contributed by atoms with Gasteiger partial charge in [0, 0.05) is 16.6 Å². The highest BCUT2D eigenvalue weighted by atomic mass is 16.1. The number of nitrogens with two attached hydrogens (primary N) is 1. The van der Waals surface area contributed by atoms with Crippen molar-refractivity contribution in [1.29, 1.82) is 0 Å². The molecule has 0 atom stereocenters. The maximum atomic E-state index is 11.1. The third-order valence-electron chi connectivity index (χ3n) is 3.13. The number of fused-ring (bicyclic) bond motifs is 2. The second-order valence-corrected chi connectivity index (χ2v) is 4.22. The number of carbonyl (C=O) groups is 1. The Bertz CT molecular complexity index is 590. The first-order valence-corrected chi connectivity index (χ1v) is 5.46. The molecular formula is C13H12N2O. The monoisotopic (exact) mass is 212 g/mol. The highest BCUT2D eigenvalue weighted by Gasteiger charge is 2.13. The lowest BCUT2D eigenvalue weighted by Crippen LogP contribution is -2.10. The van der Waals surface area contributed by atoms with Gasteiger partial charge in [-0.05, 0) is 43.0 Å². The number of amides is 1.